The molecule has 0 bridgehead atoms. The number of amides is 2. The Morgan fingerprint density at radius 3 is 2.63 bits per heavy atom. The molecule has 0 saturated carbocycles. The lowest BCUT2D eigenvalue weighted by Crippen LogP contribution is -2.35. The third-order valence-corrected chi connectivity index (χ3v) is 3.66. The van der Waals surface area contributed by atoms with Crippen molar-refractivity contribution in [1.29, 1.82) is 0 Å². The highest BCUT2D eigenvalue weighted by Crippen LogP contribution is 2.29. The number of para-hydroxylation sites is 1. The van der Waals surface area contributed by atoms with Crippen molar-refractivity contribution in [1.82, 2.24) is 10.6 Å². The second kappa shape index (κ2) is 7.87. The van der Waals surface area contributed by atoms with Gasteiger partial charge in [-0.1, -0.05) is 36.1 Å². The summed E-state index contributed by atoms with van der Waals surface area (Å²) >= 11 is 0. The first-order valence-electron chi connectivity index (χ1n) is 8.07. The van der Waals surface area contributed by atoms with E-state index in [1.807, 2.05) is 30.3 Å². The van der Waals surface area contributed by atoms with Crippen LogP contribution in [0.1, 0.15) is 16.9 Å². The lowest BCUT2D eigenvalue weighted by Gasteiger charge is -2.05. The molecule has 3 aromatic rings. The maximum absolute atomic E-state index is 12.6. The van der Waals surface area contributed by atoms with Gasteiger partial charge in [0.1, 0.15) is 11.3 Å². The normalized spacial score (nSPS) is 10.9. The fourth-order valence-electron chi connectivity index (χ4n) is 2.40. The molecule has 27 heavy (non-hydrogen) atoms. The second-order valence-corrected chi connectivity index (χ2v) is 5.67. The average Bonchev–Trinajstić information content (AvgIpc) is 3.06. The summed E-state index contributed by atoms with van der Waals surface area (Å²) in [7, 11) is 0. The zero-order chi connectivity index (χ0) is 19.3. The van der Waals surface area contributed by atoms with Crippen LogP contribution in [0.2, 0.25) is 0 Å². The van der Waals surface area contributed by atoms with Crippen LogP contribution >= 0.6 is 0 Å². The van der Waals surface area contributed by atoms with E-state index in [1.165, 1.54) is 12.1 Å². The van der Waals surface area contributed by atoms with Gasteiger partial charge >= 0.3 is 12.2 Å². The molecule has 0 aliphatic rings. The van der Waals surface area contributed by atoms with E-state index in [2.05, 4.69) is 22.5 Å². The number of nitrogens with one attached hydrogen (secondary N) is 2. The third-order valence-electron chi connectivity index (χ3n) is 3.66. The molecule has 0 atom stereocenters. The van der Waals surface area contributed by atoms with Gasteiger partial charge in [-0.15, -0.1) is 0 Å². The van der Waals surface area contributed by atoms with Gasteiger partial charge in [0, 0.05) is 10.9 Å². The van der Waals surface area contributed by atoms with Gasteiger partial charge in [0.15, 0.2) is 0 Å². The molecule has 0 aliphatic heterocycles. The number of carbonyl (C=O) groups excluding carboxylic acids is 1. The van der Waals surface area contributed by atoms with Crippen LogP contribution in [-0.2, 0) is 12.7 Å². The highest BCUT2D eigenvalue weighted by molar-refractivity contribution is 5.78. The monoisotopic (exact) mass is 372 g/mol. The fourth-order valence-corrected chi connectivity index (χ4v) is 2.40. The van der Waals surface area contributed by atoms with E-state index in [0.717, 1.165) is 23.1 Å². The van der Waals surface area contributed by atoms with Crippen LogP contribution in [0.4, 0.5) is 18.0 Å². The summed E-state index contributed by atoms with van der Waals surface area (Å²) < 4.78 is 43.5. The first kappa shape index (κ1) is 18.4. The highest BCUT2D eigenvalue weighted by atomic mass is 19.4. The van der Waals surface area contributed by atoms with Crippen LogP contribution in [0.15, 0.2) is 59.0 Å². The van der Waals surface area contributed by atoms with Crippen molar-refractivity contribution in [2.45, 2.75) is 12.7 Å². The van der Waals surface area contributed by atoms with Crippen molar-refractivity contribution >= 4 is 17.0 Å². The Kier molecular flexibility index (Phi) is 5.36. The van der Waals surface area contributed by atoms with Crippen LogP contribution in [-0.4, -0.2) is 12.6 Å². The van der Waals surface area contributed by atoms with E-state index in [0.29, 0.717) is 5.76 Å². The number of rotatable bonds is 3. The number of hydrogen-bond acceptors (Lipinski definition) is 2. The van der Waals surface area contributed by atoms with Crippen LogP contribution in [0, 0.1) is 11.8 Å². The number of carbonyl (C=O) groups is 1. The minimum absolute atomic E-state index is 0.00219. The summed E-state index contributed by atoms with van der Waals surface area (Å²) in [5, 5.41) is 6.09. The number of alkyl halides is 3. The topological polar surface area (TPSA) is 54.3 Å². The van der Waals surface area contributed by atoms with E-state index in [-0.39, 0.29) is 18.7 Å². The van der Waals surface area contributed by atoms with Gasteiger partial charge in [-0.2, -0.15) is 13.2 Å². The van der Waals surface area contributed by atoms with E-state index in [4.69, 9.17) is 4.42 Å². The fraction of sp³-hybridized carbons (Fsp3) is 0.150. The van der Waals surface area contributed by atoms with E-state index in [9.17, 15) is 18.0 Å². The molecule has 0 aliphatic carbocycles. The Labute approximate surface area is 153 Å². The SMILES string of the molecule is O=C(NCC#Cc1cccc(C(F)(F)F)c1)NCc1cc2ccccc2o1. The first-order valence-corrected chi connectivity index (χ1v) is 8.07. The summed E-state index contributed by atoms with van der Waals surface area (Å²) in [6, 6.07) is 13.6. The molecule has 0 spiro atoms. The molecule has 2 aromatic carbocycles. The minimum Gasteiger partial charge on any atom is -0.459 e. The molecular weight excluding hydrogens is 357 g/mol. The number of hydrogen-bond donors (Lipinski definition) is 2. The Hall–Kier alpha value is -3.40. The predicted octanol–water partition coefficient (Wildman–Crippen LogP) is 4.30. The molecule has 2 amide bonds. The predicted molar refractivity (Wildman–Crippen MR) is 94.8 cm³/mol. The van der Waals surface area contributed by atoms with Gasteiger partial charge < -0.3 is 15.1 Å². The average molecular weight is 372 g/mol. The quantitative estimate of drug-likeness (QED) is 0.674. The highest BCUT2D eigenvalue weighted by Gasteiger charge is 2.30. The van der Waals surface area contributed by atoms with Gasteiger partial charge in [-0.25, -0.2) is 4.79 Å². The molecular formula is C20H15F3N2O2. The van der Waals surface area contributed by atoms with Crippen LogP contribution in [0.25, 0.3) is 11.0 Å². The van der Waals surface area contributed by atoms with Gasteiger partial charge in [0.2, 0.25) is 0 Å². The summed E-state index contributed by atoms with van der Waals surface area (Å²) in [5.74, 6) is 5.82. The number of halogens is 3. The van der Waals surface area contributed by atoms with Crippen molar-refractivity contribution in [3.05, 3.63) is 71.5 Å². The van der Waals surface area contributed by atoms with Crippen molar-refractivity contribution in [2.75, 3.05) is 6.54 Å². The van der Waals surface area contributed by atoms with Crippen molar-refractivity contribution < 1.29 is 22.4 Å². The summed E-state index contributed by atoms with van der Waals surface area (Å²) in [6.07, 6.45) is -4.41. The largest absolute Gasteiger partial charge is 0.459 e. The molecule has 3 rings (SSSR count). The molecule has 1 heterocycles. The summed E-state index contributed by atoms with van der Waals surface area (Å²) in [6.45, 7) is 0.212. The van der Waals surface area contributed by atoms with Gasteiger partial charge in [-0.05, 0) is 30.3 Å². The van der Waals surface area contributed by atoms with E-state index < -0.39 is 17.8 Å². The number of fused-ring (bicyclic) bond motifs is 1. The third kappa shape index (κ3) is 5.05. The van der Waals surface area contributed by atoms with Gasteiger partial charge in [0.05, 0.1) is 18.7 Å². The van der Waals surface area contributed by atoms with Crippen LogP contribution < -0.4 is 10.6 Å². The molecule has 7 heteroatoms. The smallest absolute Gasteiger partial charge is 0.416 e. The number of furan rings is 1. The first-order chi connectivity index (χ1) is 12.9. The van der Waals surface area contributed by atoms with Gasteiger partial charge in [0.25, 0.3) is 0 Å². The van der Waals surface area contributed by atoms with E-state index >= 15 is 0 Å². The Bertz CT molecular complexity index is 980. The molecule has 138 valence electrons. The zero-order valence-electron chi connectivity index (χ0n) is 14.1. The summed E-state index contributed by atoms with van der Waals surface area (Å²) in [4.78, 5) is 11.7. The maximum Gasteiger partial charge on any atom is 0.416 e. The Morgan fingerprint density at radius 1 is 1.04 bits per heavy atom. The van der Waals surface area contributed by atoms with Crippen molar-refractivity contribution in [3.63, 3.8) is 0 Å². The lowest BCUT2D eigenvalue weighted by molar-refractivity contribution is -0.137. The van der Waals surface area contributed by atoms with E-state index in [1.54, 1.807) is 0 Å². The molecule has 2 N–H and O–H groups in total. The second-order valence-electron chi connectivity index (χ2n) is 5.67. The molecule has 0 saturated heterocycles. The standard InChI is InChI=1S/C20H15F3N2O2/c21-20(22,23)16-8-3-5-14(11-16)6-4-10-24-19(26)25-13-17-12-15-7-1-2-9-18(15)27-17/h1-3,5,7-9,11-12H,10,13H2,(H2,24,25,26). The zero-order valence-corrected chi connectivity index (χ0v) is 14.1. The van der Waals surface area contributed by atoms with Gasteiger partial charge in [-0.3, -0.25) is 0 Å². The summed E-state index contributed by atoms with van der Waals surface area (Å²) in [5.41, 5.74) is 0.210. The van der Waals surface area contributed by atoms with Crippen LogP contribution in [0.5, 0.6) is 0 Å². The number of benzene rings is 2. The molecule has 4 nitrogen and oxygen atoms in total. The molecule has 0 fully saturated rings. The molecule has 0 unspecified atom stereocenters. The molecule has 0 radical (unpaired) electrons. The van der Waals surface area contributed by atoms with Crippen molar-refractivity contribution in [2.24, 2.45) is 0 Å². The van der Waals surface area contributed by atoms with Crippen molar-refractivity contribution in [3.8, 4) is 11.8 Å². The minimum atomic E-state index is -4.41. The number of urea groups is 1. The Morgan fingerprint density at radius 2 is 1.85 bits per heavy atom. The van der Waals surface area contributed by atoms with Crippen LogP contribution in [0.3, 0.4) is 0 Å². The maximum atomic E-state index is 12.6. The Balaban J connectivity index is 1.48. The lowest BCUT2D eigenvalue weighted by atomic mass is 10.1. The molecule has 1 aromatic heterocycles.